The Labute approximate surface area is 151 Å². The molecule has 0 fully saturated rings. The highest BCUT2D eigenvalue weighted by atomic mass is 35.5. The summed E-state index contributed by atoms with van der Waals surface area (Å²) in [6.07, 6.45) is 3.90. The minimum Gasteiger partial charge on any atom is -0.385 e. The van der Waals surface area contributed by atoms with Gasteiger partial charge in [0.05, 0.1) is 11.4 Å². The molecule has 0 bridgehead atoms. The Balaban J connectivity index is 2.15. The van der Waals surface area contributed by atoms with Gasteiger partial charge in [-0.25, -0.2) is 9.07 Å². The minimum absolute atomic E-state index is 0.124. The van der Waals surface area contributed by atoms with E-state index in [2.05, 4.69) is 5.10 Å². The normalized spacial score (nSPS) is 11.2. The number of amides is 1. The topological polar surface area (TPSA) is 47.4 Å². The van der Waals surface area contributed by atoms with Crippen LogP contribution in [-0.4, -0.2) is 47.9 Å². The molecule has 0 N–H and O–H groups in total. The van der Waals surface area contributed by atoms with E-state index >= 15 is 0 Å². The zero-order valence-electron chi connectivity index (χ0n) is 14.5. The fourth-order valence-electron chi connectivity index (χ4n) is 2.29. The van der Waals surface area contributed by atoms with Crippen molar-refractivity contribution in [3.63, 3.8) is 0 Å². The lowest BCUT2D eigenvalue weighted by atomic mass is 10.2. The van der Waals surface area contributed by atoms with Crippen LogP contribution in [0.4, 0.5) is 4.39 Å². The Morgan fingerprint density at radius 1 is 1.40 bits per heavy atom. The molecule has 0 aliphatic carbocycles. The van der Waals surface area contributed by atoms with E-state index in [1.165, 1.54) is 22.9 Å². The summed E-state index contributed by atoms with van der Waals surface area (Å²) in [5, 5.41) is 4.73. The lowest BCUT2D eigenvalue weighted by molar-refractivity contribution is -0.124. The van der Waals surface area contributed by atoms with E-state index in [0.29, 0.717) is 35.2 Å². The smallest absolute Gasteiger partial charge is 0.246 e. The number of benzene rings is 1. The number of carbonyl (C=O) groups excluding carboxylic acids is 1. The summed E-state index contributed by atoms with van der Waals surface area (Å²) in [7, 11) is 3.37. The van der Waals surface area contributed by atoms with Crippen LogP contribution in [0, 0.1) is 12.7 Å². The standard InChI is InChI=1S/C18H21ClFN3O2/c1-13-16(9-10-17(24)22(2)11-4-12-25-3)18(19)23(21-13)15-7-5-14(20)6-8-15/h5-10H,4,11-12H2,1-3H3/b10-9+. The Kier molecular flexibility index (Phi) is 6.73. The number of rotatable bonds is 7. The van der Waals surface area contributed by atoms with E-state index in [1.54, 1.807) is 44.2 Å². The minimum atomic E-state index is -0.328. The van der Waals surface area contributed by atoms with Gasteiger partial charge in [0.15, 0.2) is 0 Å². The fourth-order valence-corrected chi connectivity index (χ4v) is 2.63. The molecule has 0 aliphatic heterocycles. The molecule has 1 heterocycles. The van der Waals surface area contributed by atoms with Crippen molar-refractivity contribution >= 4 is 23.6 Å². The van der Waals surface area contributed by atoms with Gasteiger partial charge in [0.25, 0.3) is 0 Å². The molecule has 0 aliphatic rings. The first-order valence-electron chi connectivity index (χ1n) is 7.87. The number of methoxy groups -OCH3 is 1. The van der Waals surface area contributed by atoms with Crippen LogP contribution in [0.5, 0.6) is 0 Å². The van der Waals surface area contributed by atoms with Crippen LogP contribution in [-0.2, 0) is 9.53 Å². The van der Waals surface area contributed by atoms with Crippen molar-refractivity contribution in [2.45, 2.75) is 13.3 Å². The molecule has 2 rings (SSSR count). The van der Waals surface area contributed by atoms with Crippen molar-refractivity contribution in [1.82, 2.24) is 14.7 Å². The number of nitrogens with zero attached hydrogens (tertiary/aromatic N) is 3. The molecule has 0 radical (unpaired) electrons. The van der Waals surface area contributed by atoms with Crippen LogP contribution in [0.25, 0.3) is 11.8 Å². The van der Waals surface area contributed by atoms with Crippen LogP contribution in [0.2, 0.25) is 5.15 Å². The van der Waals surface area contributed by atoms with Crippen LogP contribution in [0.15, 0.2) is 30.3 Å². The van der Waals surface area contributed by atoms with Crippen molar-refractivity contribution in [3.8, 4) is 5.69 Å². The number of halogens is 2. The molecule has 0 saturated heterocycles. The van der Waals surface area contributed by atoms with Gasteiger partial charge in [-0.3, -0.25) is 4.79 Å². The molecule has 5 nitrogen and oxygen atoms in total. The number of hydrogen-bond donors (Lipinski definition) is 0. The number of aromatic nitrogens is 2. The molecule has 134 valence electrons. The zero-order valence-corrected chi connectivity index (χ0v) is 15.3. The van der Waals surface area contributed by atoms with E-state index in [9.17, 15) is 9.18 Å². The summed E-state index contributed by atoms with van der Waals surface area (Å²) in [6, 6.07) is 5.87. The molecule has 0 atom stereocenters. The number of aryl methyl sites for hydroxylation is 1. The maximum atomic E-state index is 13.1. The largest absolute Gasteiger partial charge is 0.385 e. The summed E-state index contributed by atoms with van der Waals surface area (Å²) >= 11 is 6.38. The van der Waals surface area contributed by atoms with Gasteiger partial charge in [-0.05, 0) is 43.7 Å². The van der Waals surface area contributed by atoms with Gasteiger partial charge in [0.2, 0.25) is 5.91 Å². The van der Waals surface area contributed by atoms with Crippen LogP contribution in [0.3, 0.4) is 0 Å². The maximum Gasteiger partial charge on any atom is 0.246 e. The first-order valence-corrected chi connectivity index (χ1v) is 8.25. The SMILES string of the molecule is COCCCN(C)C(=O)/C=C/c1c(C)nn(-c2ccc(F)cc2)c1Cl. The molecular weight excluding hydrogens is 345 g/mol. The molecule has 1 aromatic carbocycles. The maximum absolute atomic E-state index is 13.1. The van der Waals surface area contributed by atoms with Gasteiger partial charge in [-0.15, -0.1) is 0 Å². The molecule has 25 heavy (non-hydrogen) atoms. The van der Waals surface area contributed by atoms with Crippen LogP contribution in [0.1, 0.15) is 17.7 Å². The van der Waals surface area contributed by atoms with E-state index < -0.39 is 0 Å². The Hall–Kier alpha value is -2.18. The molecular formula is C18H21ClFN3O2. The molecule has 1 amide bonds. The number of likely N-dealkylation sites (N-methyl/N-ethyl adjacent to an activating group) is 1. The highest BCUT2D eigenvalue weighted by molar-refractivity contribution is 6.31. The van der Waals surface area contributed by atoms with E-state index in [-0.39, 0.29) is 11.7 Å². The van der Waals surface area contributed by atoms with Crippen molar-refractivity contribution < 1.29 is 13.9 Å². The molecule has 0 saturated carbocycles. The highest BCUT2D eigenvalue weighted by Gasteiger charge is 2.13. The first kappa shape index (κ1) is 19.1. The van der Waals surface area contributed by atoms with Crippen molar-refractivity contribution in [1.29, 1.82) is 0 Å². The third-order valence-corrected chi connectivity index (χ3v) is 4.09. The second kappa shape index (κ2) is 8.78. The molecule has 2 aromatic rings. The van der Waals surface area contributed by atoms with Gasteiger partial charge in [0, 0.05) is 38.9 Å². The molecule has 0 unspecified atom stereocenters. The number of carbonyl (C=O) groups is 1. The monoisotopic (exact) mass is 365 g/mol. The lowest BCUT2D eigenvalue weighted by Crippen LogP contribution is -2.26. The zero-order chi connectivity index (χ0) is 18.4. The van der Waals surface area contributed by atoms with Gasteiger partial charge in [0.1, 0.15) is 11.0 Å². The third kappa shape index (κ3) is 4.90. The lowest BCUT2D eigenvalue weighted by Gasteiger charge is -2.14. The summed E-state index contributed by atoms with van der Waals surface area (Å²) < 4.78 is 19.6. The molecule has 1 aromatic heterocycles. The predicted octanol–water partition coefficient (Wildman–Crippen LogP) is 3.48. The van der Waals surface area contributed by atoms with Crippen molar-refractivity contribution in [3.05, 3.63) is 52.6 Å². The van der Waals surface area contributed by atoms with Crippen LogP contribution >= 0.6 is 11.6 Å². The van der Waals surface area contributed by atoms with Crippen LogP contribution < -0.4 is 0 Å². The molecule has 0 spiro atoms. The van der Waals surface area contributed by atoms with Crippen molar-refractivity contribution in [2.75, 3.05) is 27.3 Å². The predicted molar refractivity (Wildman–Crippen MR) is 96.4 cm³/mol. The number of hydrogen-bond acceptors (Lipinski definition) is 3. The van der Waals surface area contributed by atoms with Gasteiger partial charge in [-0.2, -0.15) is 5.10 Å². The average Bonchev–Trinajstić information content (AvgIpc) is 2.88. The van der Waals surface area contributed by atoms with E-state index in [4.69, 9.17) is 16.3 Å². The second-order valence-electron chi connectivity index (χ2n) is 5.62. The van der Waals surface area contributed by atoms with Crippen molar-refractivity contribution in [2.24, 2.45) is 0 Å². The van der Waals surface area contributed by atoms with E-state index in [1.807, 2.05) is 0 Å². The molecule has 7 heteroatoms. The van der Waals surface area contributed by atoms with Gasteiger partial charge < -0.3 is 9.64 Å². The van der Waals surface area contributed by atoms with E-state index in [0.717, 1.165) is 6.42 Å². The van der Waals surface area contributed by atoms with Gasteiger partial charge in [-0.1, -0.05) is 11.6 Å². The average molecular weight is 366 g/mol. The first-order chi connectivity index (χ1) is 11.9. The Morgan fingerprint density at radius 3 is 2.72 bits per heavy atom. The summed E-state index contributed by atoms with van der Waals surface area (Å²) in [4.78, 5) is 13.7. The summed E-state index contributed by atoms with van der Waals surface area (Å²) in [6.45, 7) is 3.02. The fraction of sp³-hybridized carbons (Fsp3) is 0.333. The quantitative estimate of drug-likeness (QED) is 0.557. The third-order valence-electron chi connectivity index (χ3n) is 3.73. The summed E-state index contributed by atoms with van der Waals surface area (Å²) in [5.41, 5.74) is 1.99. The second-order valence-corrected chi connectivity index (χ2v) is 5.98. The highest BCUT2D eigenvalue weighted by Crippen LogP contribution is 2.24. The summed E-state index contributed by atoms with van der Waals surface area (Å²) in [5.74, 6) is -0.452. The van der Waals surface area contributed by atoms with Gasteiger partial charge >= 0.3 is 0 Å². The Morgan fingerprint density at radius 2 is 2.08 bits per heavy atom. The Bertz CT molecular complexity index is 756. The number of ether oxygens (including phenoxy) is 1.